The Bertz CT molecular complexity index is 1150. The van der Waals surface area contributed by atoms with E-state index in [9.17, 15) is 14.7 Å². The normalized spacial score (nSPS) is 21.5. The smallest absolute Gasteiger partial charge is 0.265 e. The molecule has 1 amide bonds. The summed E-state index contributed by atoms with van der Waals surface area (Å²) in [5.74, 6) is -0.709. The van der Waals surface area contributed by atoms with Gasteiger partial charge in [-0.2, -0.15) is 0 Å². The van der Waals surface area contributed by atoms with Crippen LogP contribution in [0.5, 0.6) is 0 Å². The average Bonchev–Trinajstić information content (AvgIpc) is 3.01. The molecule has 3 aromatic carbocycles. The Kier molecular flexibility index (Phi) is 5.06. The molecule has 1 atom stereocenters. The van der Waals surface area contributed by atoms with Gasteiger partial charge in [0.05, 0.1) is 32.0 Å². The molecule has 2 aliphatic heterocycles. The number of morpholine rings is 1. The maximum Gasteiger partial charge on any atom is 0.265 e. The first-order valence-corrected chi connectivity index (χ1v) is 10.5. The summed E-state index contributed by atoms with van der Waals surface area (Å²) in [6.45, 7) is 3.05. The fourth-order valence-corrected chi connectivity index (χ4v) is 4.46. The van der Waals surface area contributed by atoms with Crippen molar-refractivity contribution in [2.45, 2.75) is 12.0 Å². The number of hydrogen-bond acceptors (Lipinski definition) is 5. The Hall–Kier alpha value is -3.06. The molecule has 6 heteroatoms. The second-order valence-corrected chi connectivity index (χ2v) is 8.14. The second-order valence-electron chi connectivity index (χ2n) is 8.14. The quantitative estimate of drug-likeness (QED) is 0.648. The summed E-state index contributed by atoms with van der Waals surface area (Å²) >= 11 is 0. The summed E-state index contributed by atoms with van der Waals surface area (Å²) in [4.78, 5) is 30.3. The third kappa shape index (κ3) is 3.53. The van der Waals surface area contributed by atoms with Gasteiger partial charge in [-0.1, -0.05) is 54.6 Å². The van der Waals surface area contributed by atoms with Gasteiger partial charge < -0.3 is 9.84 Å². The SMILES string of the molecule is O=C(C[C@@]1(O)C(=O)N(CN2CCOCC2)c2ccccc21)c1ccc2ccccc2c1. The van der Waals surface area contributed by atoms with Crippen molar-refractivity contribution in [2.24, 2.45) is 0 Å². The van der Waals surface area contributed by atoms with Crippen molar-refractivity contribution in [3.63, 3.8) is 0 Å². The summed E-state index contributed by atoms with van der Waals surface area (Å²) in [5, 5.41) is 13.5. The van der Waals surface area contributed by atoms with Crippen molar-refractivity contribution in [2.75, 3.05) is 37.9 Å². The van der Waals surface area contributed by atoms with Crippen LogP contribution in [0, 0.1) is 0 Å². The van der Waals surface area contributed by atoms with Gasteiger partial charge >= 0.3 is 0 Å². The lowest BCUT2D eigenvalue weighted by molar-refractivity contribution is -0.136. The molecular weight excluding hydrogens is 392 g/mol. The van der Waals surface area contributed by atoms with Gasteiger partial charge in [-0.05, 0) is 22.9 Å². The van der Waals surface area contributed by atoms with Crippen LogP contribution >= 0.6 is 0 Å². The average molecular weight is 416 g/mol. The minimum absolute atomic E-state index is 0.260. The summed E-state index contributed by atoms with van der Waals surface area (Å²) in [6, 6.07) is 20.5. The summed E-state index contributed by atoms with van der Waals surface area (Å²) < 4.78 is 5.39. The van der Waals surface area contributed by atoms with Crippen LogP contribution in [0.4, 0.5) is 5.69 Å². The van der Waals surface area contributed by atoms with E-state index in [1.165, 1.54) is 0 Å². The van der Waals surface area contributed by atoms with Crippen LogP contribution in [0.15, 0.2) is 66.7 Å². The molecule has 0 radical (unpaired) electrons. The third-order valence-corrected chi connectivity index (χ3v) is 6.17. The number of carbonyl (C=O) groups is 2. The molecule has 6 nitrogen and oxygen atoms in total. The van der Waals surface area contributed by atoms with Crippen molar-refractivity contribution in [3.05, 3.63) is 77.9 Å². The molecule has 5 rings (SSSR count). The van der Waals surface area contributed by atoms with E-state index in [4.69, 9.17) is 4.74 Å². The second kappa shape index (κ2) is 7.89. The lowest BCUT2D eigenvalue weighted by Crippen LogP contribution is -2.49. The number of Topliss-reactive ketones (excluding diaryl/α,β-unsaturated/α-hetero) is 1. The van der Waals surface area contributed by atoms with Crippen LogP contribution in [0.3, 0.4) is 0 Å². The highest BCUT2D eigenvalue weighted by atomic mass is 16.5. The van der Waals surface area contributed by atoms with Crippen molar-refractivity contribution in [1.82, 2.24) is 4.90 Å². The van der Waals surface area contributed by atoms with E-state index in [-0.39, 0.29) is 12.2 Å². The standard InChI is InChI=1S/C25H24N2O4/c28-23(20-10-9-18-5-1-2-6-19(18)15-20)16-25(30)21-7-3-4-8-22(21)27(24(25)29)17-26-11-13-31-14-12-26/h1-10,15,30H,11-14,16-17H2/t25-/m0/s1. The van der Waals surface area contributed by atoms with Crippen molar-refractivity contribution in [3.8, 4) is 0 Å². The zero-order valence-electron chi connectivity index (χ0n) is 17.2. The number of aliphatic hydroxyl groups is 1. The van der Waals surface area contributed by atoms with Gasteiger partial charge in [0.25, 0.3) is 5.91 Å². The largest absolute Gasteiger partial charge is 0.379 e. The number of amides is 1. The zero-order valence-corrected chi connectivity index (χ0v) is 17.2. The molecule has 0 saturated carbocycles. The van der Waals surface area contributed by atoms with E-state index in [2.05, 4.69) is 4.90 Å². The van der Waals surface area contributed by atoms with E-state index in [0.29, 0.717) is 36.7 Å². The maximum absolute atomic E-state index is 13.4. The molecule has 0 spiro atoms. The lowest BCUT2D eigenvalue weighted by Gasteiger charge is -2.31. The molecule has 2 heterocycles. The van der Waals surface area contributed by atoms with Crippen LogP contribution in [-0.2, 0) is 15.1 Å². The van der Waals surface area contributed by atoms with Crippen LogP contribution in [0.25, 0.3) is 10.8 Å². The molecule has 0 aliphatic carbocycles. The highest BCUT2D eigenvalue weighted by Crippen LogP contribution is 2.43. The van der Waals surface area contributed by atoms with E-state index in [1.807, 2.05) is 48.5 Å². The molecule has 0 unspecified atom stereocenters. The Morgan fingerprint density at radius 2 is 1.68 bits per heavy atom. The monoisotopic (exact) mass is 416 g/mol. The number of rotatable bonds is 5. The molecule has 158 valence electrons. The van der Waals surface area contributed by atoms with Crippen LogP contribution in [0.2, 0.25) is 0 Å². The molecule has 3 aromatic rings. The van der Waals surface area contributed by atoms with Crippen molar-refractivity contribution >= 4 is 28.2 Å². The number of para-hydroxylation sites is 1. The Labute approximate surface area is 180 Å². The Morgan fingerprint density at radius 1 is 0.968 bits per heavy atom. The molecule has 1 saturated heterocycles. The fraction of sp³-hybridized carbons (Fsp3) is 0.280. The Balaban J connectivity index is 1.44. The van der Waals surface area contributed by atoms with Gasteiger partial charge in [-0.15, -0.1) is 0 Å². The van der Waals surface area contributed by atoms with E-state index < -0.39 is 11.5 Å². The van der Waals surface area contributed by atoms with Gasteiger partial charge in [0.1, 0.15) is 0 Å². The topological polar surface area (TPSA) is 70.1 Å². The minimum atomic E-state index is -1.87. The number of nitrogens with zero attached hydrogens (tertiary/aromatic N) is 2. The molecule has 1 fully saturated rings. The van der Waals surface area contributed by atoms with E-state index in [1.54, 1.807) is 23.1 Å². The summed E-state index contributed by atoms with van der Waals surface area (Å²) in [5.41, 5.74) is -0.231. The predicted octanol–water partition coefficient (Wildman–Crippen LogP) is 2.94. The molecular formula is C25H24N2O4. The van der Waals surface area contributed by atoms with E-state index in [0.717, 1.165) is 23.9 Å². The van der Waals surface area contributed by atoms with Gasteiger partial charge in [0.2, 0.25) is 0 Å². The number of ether oxygens (including phenoxy) is 1. The number of ketones is 1. The van der Waals surface area contributed by atoms with Gasteiger partial charge in [-0.3, -0.25) is 19.4 Å². The van der Waals surface area contributed by atoms with Crippen LogP contribution in [-0.4, -0.2) is 54.7 Å². The van der Waals surface area contributed by atoms with Gasteiger partial charge in [0.15, 0.2) is 11.4 Å². The molecule has 1 N–H and O–H groups in total. The highest BCUT2D eigenvalue weighted by Gasteiger charge is 2.51. The number of hydrogen-bond donors (Lipinski definition) is 1. The maximum atomic E-state index is 13.4. The van der Waals surface area contributed by atoms with Crippen LogP contribution < -0.4 is 4.90 Å². The number of fused-ring (bicyclic) bond motifs is 2. The lowest BCUT2D eigenvalue weighted by atomic mass is 9.88. The molecule has 0 aromatic heterocycles. The highest BCUT2D eigenvalue weighted by molar-refractivity contribution is 6.11. The number of anilines is 1. The predicted molar refractivity (Wildman–Crippen MR) is 118 cm³/mol. The van der Waals surface area contributed by atoms with Gasteiger partial charge in [-0.25, -0.2) is 0 Å². The van der Waals surface area contributed by atoms with Crippen LogP contribution in [0.1, 0.15) is 22.3 Å². The number of carbonyl (C=O) groups excluding carboxylic acids is 2. The molecule has 0 bridgehead atoms. The first kappa shape index (κ1) is 19.9. The number of benzene rings is 3. The fourth-order valence-electron chi connectivity index (χ4n) is 4.46. The summed E-state index contributed by atoms with van der Waals surface area (Å²) in [6.07, 6.45) is -0.291. The van der Waals surface area contributed by atoms with Crippen molar-refractivity contribution < 1.29 is 19.4 Å². The first-order valence-electron chi connectivity index (χ1n) is 10.5. The third-order valence-electron chi connectivity index (χ3n) is 6.17. The van der Waals surface area contributed by atoms with Gasteiger partial charge in [0, 0.05) is 24.2 Å². The first-order chi connectivity index (χ1) is 15.1. The molecule has 31 heavy (non-hydrogen) atoms. The summed E-state index contributed by atoms with van der Waals surface area (Å²) in [7, 11) is 0. The molecule has 2 aliphatic rings. The van der Waals surface area contributed by atoms with Crippen molar-refractivity contribution in [1.29, 1.82) is 0 Å². The van der Waals surface area contributed by atoms with E-state index >= 15 is 0 Å². The minimum Gasteiger partial charge on any atom is -0.379 e. The zero-order chi connectivity index (χ0) is 21.4. The Morgan fingerprint density at radius 3 is 2.48 bits per heavy atom.